The van der Waals surface area contributed by atoms with Crippen LogP contribution in [0.3, 0.4) is 0 Å². The molecule has 0 atom stereocenters. The first-order chi connectivity index (χ1) is 9.24. The molecule has 114 valence electrons. The fraction of sp³-hybridized carbons (Fsp3) is 0.600. The van der Waals surface area contributed by atoms with Gasteiger partial charge in [-0.15, -0.1) is 0 Å². The summed E-state index contributed by atoms with van der Waals surface area (Å²) < 4.78 is 40.3. The summed E-state index contributed by atoms with van der Waals surface area (Å²) in [5.74, 6) is 0.226. The lowest BCUT2D eigenvalue weighted by atomic mass is 10.1. The Kier molecular flexibility index (Phi) is 6.14. The highest BCUT2D eigenvalue weighted by atomic mass is 32.2. The molecule has 0 heterocycles. The zero-order chi connectivity index (χ0) is 15.3. The van der Waals surface area contributed by atoms with Gasteiger partial charge in [0.1, 0.15) is 5.82 Å². The standard InChI is InChI=1S/C15H24FNO2S/c1-11(2)7-5-6-8-17-20(18,19)15-12(3)9-14(16)10-13(15)4/h9-11,17H,5-8H2,1-4H3. The third-order valence-corrected chi connectivity index (χ3v) is 4.96. The van der Waals surface area contributed by atoms with Gasteiger partial charge in [-0.1, -0.05) is 26.7 Å². The van der Waals surface area contributed by atoms with E-state index in [1.54, 1.807) is 13.8 Å². The number of sulfonamides is 1. The predicted octanol–water partition coefficient (Wildman–Crippen LogP) is 3.55. The molecule has 0 fully saturated rings. The topological polar surface area (TPSA) is 46.2 Å². The number of hydrogen-bond acceptors (Lipinski definition) is 2. The lowest BCUT2D eigenvalue weighted by Crippen LogP contribution is -2.26. The van der Waals surface area contributed by atoms with Crippen molar-refractivity contribution >= 4 is 10.0 Å². The summed E-state index contributed by atoms with van der Waals surface area (Å²) in [4.78, 5) is 0.197. The molecule has 0 saturated carbocycles. The molecule has 1 aromatic rings. The molecule has 0 aliphatic heterocycles. The normalized spacial score (nSPS) is 12.1. The van der Waals surface area contributed by atoms with E-state index >= 15 is 0 Å². The van der Waals surface area contributed by atoms with Gasteiger partial charge in [0.2, 0.25) is 10.0 Å². The van der Waals surface area contributed by atoms with Crippen molar-refractivity contribution in [1.82, 2.24) is 4.72 Å². The maximum absolute atomic E-state index is 13.2. The first-order valence-corrected chi connectivity index (χ1v) is 8.48. The number of nitrogens with one attached hydrogen (secondary N) is 1. The second kappa shape index (κ2) is 7.18. The highest BCUT2D eigenvalue weighted by Gasteiger charge is 2.19. The van der Waals surface area contributed by atoms with Gasteiger partial charge in [0.15, 0.2) is 0 Å². The second-order valence-corrected chi connectivity index (χ2v) is 7.36. The van der Waals surface area contributed by atoms with Gasteiger partial charge >= 0.3 is 0 Å². The number of unbranched alkanes of at least 4 members (excludes halogenated alkanes) is 1. The Hall–Kier alpha value is -0.940. The van der Waals surface area contributed by atoms with Crippen LogP contribution in [0.25, 0.3) is 0 Å². The van der Waals surface area contributed by atoms with Gasteiger partial charge in [0, 0.05) is 6.54 Å². The molecule has 5 heteroatoms. The summed E-state index contributed by atoms with van der Waals surface area (Å²) in [6.07, 6.45) is 2.91. The minimum atomic E-state index is -3.56. The van der Waals surface area contributed by atoms with E-state index in [9.17, 15) is 12.8 Å². The van der Waals surface area contributed by atoms with Crippen molar-refractivity contribution in [3.8, 4) is 0 Å². The SMILES string of the molecule is Cc1cc(F)cc(C)c1S(=O)(=O)NCCCCC(C)C. The van der Waals surface area contributed by atoms with Gasteiger partial charge in [-0.25, -0.2) is 17.5 Å². The molecule has 3 nitrogen and oxygen atoms in total. The molecule has 0 saturated heterocycles. The minimum Gasteiger partial charge on any atom is -0.211 e. The Morgan fingerprint density at radius 1 is 1.15 bits per heavy atom. The van der Waals surface area contributed by atoms with E-state index in [0.29, 0.717) is 23.6 Å². The van der Waals surface area contributed by atoms with Gasteiger partial charge in [-0.2, -0.15) is 0 Å². The molecule has 1 aromatic carbocycles. The van der Waals surface area contributed by atoms with Crippen molar-refractivity contribution < 1.29 is 12.8 Å². The Bertz CT molecular complexity index is 530. The molecule has 1 N–H and O–H groups in total. The quantitative estimate of drug-likeness (QED) is 0.783. The number of benzene rings is 1. The highest BCUT2D eigenvalue weighted by Crippen LogP contribution is 2.21. The van der Waals surface area contributed by atoms with Crippen molar-refractivity contribution in [2.45, 2.75) is 51.9 Å². The molecule has 0 bridgehead atoms. The molecule has 0 amide bonds. The Balaban J connectivity index is 2.70. The van der Waals surface area contributed by atoms with Crippen LogP contribution in [-0.4, -0.2) is 15.0 Å². The molecule has 0 aliphatic rings. The van der Waals surface area contributed by atoms with Crippen LogP contribution in [0, 0.1) is 25.6 Å². The molecule has 0 spiro atoms. The van der Waals surface area contributed by atoms with Crippen LogP contribution in [0.5, 0.6) is 0 Å². The predicted molar refractivity (Wildman–Crippen MR) is 79.8 cm³/mol. The lowest BCUT2D eigenvalue weighted by molar-refractivity contribution is 0.530. The average molecular weight is 301 g/mol. The monoisotopic (exact) mass is 301 g/mol. The van der Waals surface area contributed by atoms with E-state index in [2.05, 4.69) is 18.6 Å². The van der Waals surface area contributed by atoms with E-state index in [4.69, 9.17) is 0 Å². The summed E-state index contributed by atoms with van der Waals surface area (Å²) in [6, 6.07) is 2.50. The van der Waals surface area contributed by atoms with E-state index in [-0.39, 0.29) is 4.90 Å². The Morgan fingerprint density at radius 2 is 1.70 bits per heavy atom. The first kappa shape index (κ1) is 17.1. The third-order valence-electron chi connectivity index (χ3n) is 3.19. The molecular weight excluding hydrogens is 277 g/mol. The summed E-state index contributed by atoms with van der Waals surface area (Å²) in [7, 11) is -3.56. The van der Waals surface area contributed by atoms with Gasteiger partial charge in [-0.3, -0.25) is 0 Å². The van der Waals surface area contributed by atoms with Crippen molar-refractivity contribution in [2.24, 2.45) is 5.92 Å². The van der Waals surface area contributed by atoms with Crippen molar-refractivity contribution in [3.05, 3.63) is 29.1 Å². The smallest absolute Gasteiger partial charge is 0.211 e. The zero-order valence-corrected chi connectivity index (χ0v) is 13.5. The first-order valence-electron chi connectivity index (χ1n) is 7.00. The molecule has 1 rings (SSSR count). The minimum absolute atomic E-state index is 0.197. The fourth-order valence-electron chi connectivity index (χ4n) is 2.28. The van der Waals surface area contributed by atoms with E-state index in [1.165, 1.54) is 12.1 Å². The van der Waals surface area contributed by atoms with Crippen LogP contribution < -0.4 is 4.72 Å². The van der Waals surface area contributed by atoms with Crippen LogP contribution in [0.15, 0.2) is 17.0 Å². The van der Waals surface area contributed by atoms with Crippen LogP contribution in [0.2, 0.25) is 0 Å². The van der Waals surface area contributed by atoms with Gasteiger partial charge in [-0.05, 0) is 49.4 Å². The maximum atomic E-state index is 13.2. The van der Waals surface area contributed by atoms with Crippen molar-refractivity contribution in [2.75, 3.05) is 6.54 Å². The molecule has 0 aliphatic carbocycles. The van der Waals surface area contributed by atoms with Crippen LogP contribution in [0.4, 0.5) is 4.39 Å². The molecule has 0 unspecified atom stereocenters. The number of halogens is 1. The van der Waals surface area contributed by atoms with Crippen LogP contribution in [0.1, 0.15) is 44.2 Å². The summed E-state index contributed by atoms with van der Waals surface area (Å²) in [6.45, 7) is 7.95. The molecule has 0 radical (unpaired) electrons. The summed E-state index contributed by atoms with van der Waals surface area (Å²) >= 11 is 0. The van der Waals surface area contributed by atoms with Crippen LogP contribution >= 0.6 is 0 Å². The maximum Gasteiger partial charge on any atom is 0.241 e. The van der Waals surface area contributed by atoms with Gasteiger partial charge in [0.05, 0.1) is 4.90 Å². The Morgan fingerprint density at radius 3 is 2.20 bits per heavy atom. The third kappa shape index (κ3) is 4.87. The molecule has 0 aromatic heterocycles. The van der Waals surface area contributed by atoms with Crippen molar-refractivity contribution in [1.29, 1.82) is 0 Å². The Labute approximate surface area is 121 Å². The highest BCUT2D eigenvalue weighted by molar-refractivity contribution is 7.89. The number of rotatable bonds is 7. The van der Waals surface area contributed by atoms with Crippen molar-refractivity contribution in [3.63, 3.8) is 0 Å². The fourth-order valence-corrected chi connectivity index (χ4v) is 3.80. The van der Waals surface area contributed by atoms with E-state index < -0.39 is 15.8 Å². The second-order valence-electron chi connectivity index (χ2n) is 5.66. The molecule has 20 heavy (non-hydrogen) atoms. The van der Waals surface area contributed by atoms with E-state index in [0.717, 1.165) is 19.3 Å². The summed E-state index contributed by atoms with van der Waals surface area (Å²) in [5, 5.41) is 0. The van der Waals surface area contributed by atoms with Gasteiger partial charge in [0.25, 0.3) is 0 Å². The zero-order valence-electron chi connectivity index (χ0n) is 12.7. The molecular formula is C15H24FNO2S. The van der Waals surface area contributed by atoms with Crippen LogP contribution in [-0.2, 0) is 10.0 Å². The number of aryl methyl sites for hydroxylation is 2. The number of hydrogen-bond donors (Lipinski definition) is 1. The summed E-state index contributed by atoms with van der Waals surface area (Å²) in [5.41, 5.74) is 0.884. The average Bonchev–Trinajstić information content (AvgIpc) is 2.25. The largest absolute Gasteiger partial charge is 0.241 e. The van der Waals surface area contributed by atoms with E-state index in [1.807, 2.05) is 0 Å². The lowest BCUT2D eigenvalue weighted by Gasteiger charge is -2.12. The van der Waals surface area contributed by atoms with Gasteiger partial charge < -0.3 is 0 Å².